The Morgan fingerprint density at radius 1 is 1.10 bits per heavy atom. The second-order valence-electron chi connectivity index (χ2n) is 6.97. The maximum Gasteiger partial charge on any atom is 0.417 e. The van der Waals surface area contributed by atoms with Crippen molar-refractivity contribution in [1.82, 2.24) is 14.8 Å². The van der Waals surface area contributed by atoms with Crippen molar-refractivity contribution in [3.8, 4) is 17.1 Å². The Kier molecular flexibility index (Phi) is 7.06. The summed E-state index contributed by atoms with van der Waals surface area (Å²) < 4.78 is 47.7. The molecule has 0 bridgehead atoms. The van der Waals surface area contributed by atoms with E-state index in [0.717, 1.165) is 6.07 Å². The summed E-state index contributed by atoms with van der Waals surface area (Å²) in [7, 11) is 1.58. The molecular weight excluding hydrogens is 442 g/mol. The van der Waals surface area contributed by atoms with Crippen LogP contribution in [0.4, 0.5) is 13.2 Å². The topological polar surface area (TPSA) is 60.2 Å². The molecule has 0 aliphatic carbocycles. The van der Waals surface area contributed by atoms with E-state index in [1.165, 1.54) is 22.8 Å². The summed E-state index contributed by atoms with van der Waals surface area (Å²) in [6.07, 6.45) is -4.52. The first-order valence-corrected chi connectivity index (χ1v) is 9.07. The largest absolute Gasteiger partial charge is 0.479 e. The first kappa shape index (κ1) is 24.0. The zero-order valence-electron chi connectivity index (χ0n) is 16.4. The standard InChI is InChI=1S/C20H19ClF3N3O2.ClH/c1-19(2,29-16-9-8-13(21)10-12(16)11-28)18-26-25-17(27(18)3)14-6-4-5-7-15(14)20(22,23)24;/h4-10,28H,11H2,1-3H3;1H. The molecule has 0 amide bonds. The van der Waals surface area contributed by atoms with Crippen molar-refractivity contribution in [3.05, 3.63) is 64.4 Å². The Morgan fingerprint density at radius 3 is 2.40 bits per heavy atom. The van der Waals surface area contributed by atoms with Crippen molar-refractivity contribution in [2.75, 3.05) is 0 Å². The maximum atomic E-state index is 13.4. The molecule has 0 saturated heterocycles. The lowest BCUT2D eigenvalue weighted by atomic mass is 10.1. The molecule has 1 aromatic heterocycles. The number of alkyl halides is 3. The third-order valence-corrected chi connectivity index (χ3v) is 4.68. The number of nitrogens with zero attached hydrogens (tertiary/aromatic N) is 3. The molecule has 2 aromatic carbocycles. The number of aliphatic hydroxyl groups excluding tert-OH is 1. The van der Waals surface area contributed by atoms with E-state index in [-0.39, 0.29) is 30.4 Å². The van der Waals surface area contributed by atoms with E-state index in [4.69, 9.17) is 16.3 Å². The number of rotatable bonds is 5. The Hall–Kier alpha value is -2.29. The lowest BCUT2D eigenvalue weighted by Gasteiger charge is -2.27. The molecule has 3 aromatic rings. The Morgan fingerprint density at radius 2 is 1.77 bits per heavy atom. The van der Waals surface area contributed by atoms with Crippen molar-refractivity contribution in [1.29, 1.82) is 0 Å². The Balaban J connectivity index is 0.00000320. The van der Waals surface area contributed by atoms with E-state index in [2.05, 4.69) is 10.2 Å². The summed E-state index contributed by atoms with van der Waals surface area (Å²) in [5.41, 5.74) is -1.43. The highest BCUT2D eigenvalue weighted by Crippen LogP contribution is 2.37. The zero-order valence-corrected chi connectivity index (χ0v) is 17.9. The fraction of sp³-hybridized carbons (Fsp3) is 0.300. The summed E-state index contributed by atoms with van der Waals surface area (Å²) in [5, 5.41) is 18.1. The van der Waals surface area contributed by atoms with Gasteiger partial charge in [0.05, 0.1) is 12.2 Å². The third-order valence-electron chi connectivity index (χ3n) is 4.44. The molecular formula is C20H20Cl2F3N3O2. The average molecular weight is 462 g/mol. The normalized spacial score (nSPS) is 11.9. The number of aromatic nitrogens is 3. The predicted molar refractivity (Wildman–Crippen MR) is 110 cm³/mol. The second kappa shape index (κ2) is 8.83. The van der Waals surface area contributed by atoms with E-state index in [1.54, 1.807) is 39.1 Å². The minimum Gasteiger partial charge on any atom is -0.479 e. The lowest BCUT2D eigenvalue weighted by molar-refractivity contribution is -0.137. The van der Waals surface area contributed by atoms with Gasteiger partial charge in [-0.3, -0.25) is 0 Å². The van der Waals surface area contributed by atoms with Gasteiger partial charge < -0.3 is 14.4 Å². The summed E-state index contributed by atoms with van der Waals surface area (Å²) in [4.78, 5) is 0. The lowest BCUT2D eigenvalue weighted by Crippen LogP contribution is -2.29. The number of halogens is 5. The van der Waals surface area contributed by atoms with Gasteiger partial charge in [0.2, 0.25) is 0 Å². The molecule has 0 spiro atoms. The van der Waals surface area contributed by atoms with Crippen LogP contribution in [0.2, 0.25) is 5.02 Å². The van der Waals surface area contributed by atoms with E-state index >= 15 is 0 Å². The highest BCUT2D eigenvalue weighted by Gasteiger charge is 2.36. The summed E-state index contributed by atoms with van der Waals surface area (Å²) in [5.74, 6) is 0.786. The number of hydrogen-bond donors (Lipinski definition) is 1. The van der Waals surface area contributed by atoms with Gasteiger partial charge in [-0.1, -0.05) is 29.8 Å². The highest BCUT2D eigenvalue weighted by molar-refractivity contribution is 6.30. The van der Waals surface area contributed by atoms with Gasteiger partial charge in [0.1, 0.15) is 5.75 Å². The second-order valence-corrected chi connectivity index (χ2v) is 7.41. The predicted octanol–water partition coefficient (Wildman–Crippen LogP) is 5.38. The van der Waals surface area contributed by atoms with Crippen molar-refractivity contribution in [3.63, 3.8) is 0 Å². The van der Waals surface area contributed by atoms with E-state index in [0.29, 0.717) is 22.2 Å². The average Bonchev–Trinajstić information content (AvgIpc) is 3.04. The van der Waals surface area contributed by atoms with Crippen molar-refractivity contribution >= 4 is 24.0 Å². The number of hydrogen-bond acceptors (Lipinski definition) is 4. The van der Waals surface area contributed by atoms with Crippen LogP contribution in [0.15, 0.2) is 42.5 Å². The maximum absolute atomic E-state index is 13.4. The zero-order chi connectivity index (χ0) is 21.4. The number of aliphatic hydroxyl groups is 1. The molecule has 0 radical (unpaired) electrons. The molecule has 162 valence electrons. The first-order chi connectivity index (χ1) is 13.5. The Labute approximate surface area is 182 Å². The van der Waals surface area contributed by atoms with Crippen LogP contribution in [0.3, 0.4) is 0 Å². The summed E-state index contributed by atoms with van der Waals surface area (Å²) in [6, 6.07) is 10.0. The van der Waals surface area contributed by atoms with Gasteiger partial charge in [-0.05, 0) is 38.1 Å². The molecule has 1 N–H and O–H groups in total. The fourth-order valence-electron chi connectivity index (χ4n) is 3.11. The molecule has 0 unspecified atom stereocenters. The van der Waals surface area contributed by atoms with Crippen LogP contribution >= 0.6 is 24.0 Å². The smallest absolute Gasteiger partial charge is 0.417 e. The molecule has 5 nitrogen and oxygen atoms in total. The van der Waals surface area contributed by atoms with Crippen LogP contribution in [-0.4, -0.2) is 19.9 Å². The monoisotopic (exact) mass is 461 g/mol. The van der Waals surface area contributed by atoms with Crippen LogP contribution in [0.1, 0.15) is 30.8 Å². The third kappa shape index (κ3) is 4.71. The number of benzene rings is 2. The van der Waals surface area contributed by atoms with Gasteiger partial charge in [-0.25, -0.2) is 0 Å². The van der Waals surface area contributed by atoms with Gasteiger partial charge >= 0.3 is 6.18 Å². The molecule has 0 saturated carbocycles. The van der Waals surface area contributed by atoms with E-state index in [9.17, 15) is 18.3 Å². The highest BCUT2D eigenvalue weighted by atomic mass is 35.5. The molecule has 0 aliphatic heterocycles. The van der Waals surface area contributed by atoms with Crippen molar-refractivity contribution in [2.24, 2.45) is 7.05 Å². The molecule has 1 heterocycles. The summed E-state index contributed by atoms with van der Waals surface area (Å²) in [6.45, 7) is 3.15. The summed E-state index contributed by atoms with van der Waals surface area (Å²) >= 11 is 5.95. The van der Waals surface area contributed by atoms with Gasteiger partial charge in [-0.2, -0.15) is 13.2 Å². The molecule has 3 rings (SSSR count). The van der Waals surface area contributed by atoms with Gasteiger partial charge in [-0.15, -0.1) is 22.6 Å². The fourth-order valence-corrected chi connectivity index (χ4v) is 3.30. The Bertz CT molecular complexity index is 1040. The van der Waals surface area contributed by atoms with Crippen LogP contribution in [0.25, 0.3) is 11.4 Å². The van der Waals surface area contributed by atoms with E-state index < -0.39 is 17.3 Å². The molecule has 0 fully saturated rings. The minimum atomic E-state index is -4.52. The quantitative estimate of drug-likeness (QED) is 0.553. The van der Waals surface area contributed by atoms with Gasteiger partial charge in [0, 0.05) is 23.2 Å². The van der Waals surface area contributed by atoms with Crippen molar-refractivity contribution in [2.45, 2.75) is 32.2 Å². The van der Waals surface area contributed by atoms with Crippen LogP contribution in [0, 0.1) is 0 Å². The van der Waals surface area contributed by atoms with Crippen LogP contribution < -0.4 is 4.74 Å². The van der Waals surface area contributed by atoms with Crippen LogP contribution in [-0.2, 0) is 25.4 Å². The van der Waals surface area contributed by atoms with Gasteiger partial charge in [0.15, 0.2) is 17.2 Å². The van der Waals surface area contributed by atoms with Gasteiger partial charge in [0.25, 0.3) is 0 Å². The molecule has 0 aliphatic rings. The van der Waals surface area contributed by atoms with Crippen LogP contribution in [0.5, 0.6) is 5.75 Å². The first-order valence-electron chi connectivity index (χ1n) is 8.69. The number of ether oxygens (including phenoxy) is 1. The molecule has 30 heavy (non-hydrogen) atoms. The molecule has 10 heteroatoms. The molecule has 0 atom stereocenters. The van der Waals surface area contributed by atoms with Crippen molar-refractivity contribution < 1.29 is 23.0 Å². The van der Waals surface area contributed by atoms with E-state index in [1.807, 2.05) is 0 Å². The minimum absolute atomic E-state index is 0. The SMILES string of the molecule is Cl.Cn1c(-c2ccccc2C(F)(F)F)nnc1C(C)(C)Oc1ccc(Cl)cc1CO.